The Bertz CT molecular complexity index is 726. The zero-order valence-corrected chi connectivity index (χ0v) is 12.4. The van der Waals surface area contributed by atoms with Gasteiger partial charge < -0.3 is 5.32 Å². The Balaban J connectivity index is 1.61. The van der Waals surface area contributed by atoms with Crippen LogP contribution in [0.4, 0.5) is 0 Å². The van der Waals surface area contributed by atoms with Crippen LogP contribution in [0.25, 0.3) is 16.9 Å². The van der Waals surface area contributed by atoms with Crippen LogP contribution in [-0.4, -0.2) is 21.3 Å². The van der Waals surface area contributed by atoms with Crippen molar-refractivity contribution in [3.63, 3.8) is 0 Å². The van der Waals surface area contributed by atoms with Crippen LogP contribution in [0.15, 0.2) is 48.1 Å². The summed E-state index contributed by atoms with van der Waals surface area (Å²) in [4.78, 5) is 4.77. The van der Waals surface area contributed by atoms with Gasteiger partial charge in [-0.3, -0.25) is 0 Å². The Labute approximate surface area is 127 Å². The highest BCUT2D eigenvalue weighted by Gasteiger charge is 2.19. The summed E-state index contributed by atoms with van der Waals surface area (Å²) in [7, 11) is 0. The molecule has 2 aromatic heterocycles. The van der Waals surface area contributed by atoms with Crippen molar-refractivity contribution in [1.29, 1.82) is 0 Å². The zero-order valence-electron chi connectivity index (χ0n) is 11.6. The van der Waals surface area contributed by atoms with E-state index in [0.29, 0.717) is 6.04 Å². The third-order valence-corrected chi connectivity index (χ3v) is 4.74. The Morgan fingerprint density at radius 1 is 1.24 bits per heavy atom. The van der Waals surface area contributed by atoms with E-state index in [4.69, 9.17) is 4.98 Å². The number of aromatic nitrogens is 3. The first-order chi connectivity index (χ1) is 10.4. The van der Waals surface area contributed by atoms with Crippen LogP contribution in [0.3, 0.4) is 0 Å². The highest BCUT2D eigenvalue weighted by atomic mass is 32.1. The van der Waals surface area contributed by atoms with E-state index in [0.717, 1.165) is 23.5 Å². The van der Waals surface area contributed by atoms with Crippen LogP contribution in [0.5, 0.6) is 0 Å². The first kappa shape index (κ1) is 12.7. The van der Waals surface area contributed by atoms with E-state index >= 15 is 0 Å². The third kappa shape index (κ3) is 2.50. The zero-order chi connectivity index (χ0) is 14.1. The second-order valence-electron chi connectivity index (χ2n) is 5.23. The number of para-hydroxylation sites is 1. The van der Waals surface area contributed by atoms with E-state index in [2.05, 4.69) is 15.8 Å². The van der Waals surface area contributed by atoms with Gasteiger partial charge in [-0.1, -0.05) is 18.2 Å². The summed E-state index contributed by atoms with van der Waals surface area (Å²) in [6.07, 6.45) is 6.35. The normalized spacial score (nSPS) is 18.2. The molecule has 4 rings (SSSR count). The molecule has 21 heavy (non-hydrogen) atoms. The van der Waals surface area contributed by atoms with Crippen LogP contribution >= 0.6 is 11.3 Å². The molecule has 0 aliphatic carbocycles. The van der Waals surface area contributed by atoms with Crippen molar-refractivity contribution in [3.05, 3.63) is 53.1 Å². The Hall–Kier alpha value is -1.98. The minimum Gasteiger partial charge on any atom is -0.308 e. The van der Waals surface area contributed by atoms with E-state index in [1.807, 2.05) is 47.4 Å². The van der Waals surface area contributed by atoms with E-state index in [1.165, 1.54) is 17.8 Å². The van der Waals surface area contributed by atoms with E-state index in [9.17, 15) is 0 Å². The summed E-state index contributed by atoms with van der Waals surface area (Å²) < 4.78 is 1.89. The predicted molar refractivity (Wildman–Crippen MR) is 84.6 cm³/mol. The molecule has 1 aliphatic heterocycles. The molecule has 0 radical (unpaired) electrons. The van der Waals surface area contributed by atoms with Crippen molar-refractivity contribution in [1.82, 2.24) is 20.1 Å². The van der Waals surface area contributed by atoms with Gasteiger partial charge in [0.1, 0.15) is 5.01 Å². The molecule has 3 aromatic rings. The fourth-order valence-electron chi connectivity index (χ4n) is 2.65. The summed E-state index contributed by atoms with van der Waals surface area (Å²) in [5, 5.41) is 11.2. The van der Waals surface area contributed by atoms with Crippen molar-refractivity contribution < 1.29 is 0 Å². The quantitative estimate of drug-likeness (QED) is 0.805. The molecule has 1 unspecified atom stereocenters. The molecular weight excluding hydrogens is 280 g/mol. The average Bonchev–Trinajstić information content (AvgIpc) is 3.27. The fraction of sp³-hybridized carbons (Fsp3) is 0.250. The van der Waals surface area contributed by atoms with E-state index in [1.54, 1.807) is 11.3 Å². The number of thiazole rings is 1. The fourth-order valence-corrected chi connectivity index (χ4v) is 3.59. The maximum atomic E-state index is 4.77. The van der Waals surface area contributed by atoms with Crippen LogP contribution < -0.4 is 5.32 Å². The van der Waals surface area contributed by atoms with Gasteiger partial charge in [-0.2, -0.15) is 5.10 Å². The molecular formula is C16H16N4S. The van der Waals surface area contributed by atoms with Gasteiger partial charge in [0.15, 0.2) is 0 Å². The van der Waals surface area contributed by atoms with Crippen LogP contribution in [0.1, 0.15) is 23.9 Å². The molecule has 1 atom stereocenters. The van der Waals surface area contributed by atoms with Crippen LogP contribution in [0.2, 0.25) is 0 Å². The SMILES string of the molecule is c1ccc(-n2cc(-c3csc(C4CCCN4)n3)cn2)cc1. The molecule has 4 nitrogen and oxygen atoms in total. The van der Waals surface area contributed by atoms with Gasteiger partial charge in [0.05, 0.1) is 23.6 Å². The summed E-state index contributed by atoms with van der Waals surface area (Å²) >= 11 is 1.74. The molecule has 1 fully saturated rings. The summed E-state index contributed by atoms with van der Waals surface area (Å²) in [5.41, 5.74) is 3.15. The number of rotatable bonds is 3. The van der Waals surface area contributed by atoms with Gasteiger partial charge in [0.2, 0.25) is 0 Å². The van der Waals surface area contributed by atoms with Crippen LogP contribution in [-0.2, 0) is 0 Å². The highest BCUT2D eigenvalue weighted by molar-refractivity contribution is 7.10. The van der Waals surface area contributed by atoms with Gasteiger partial charge in [-0.25, -0.2) is 9.67 Å². The molecule has 5 heteroatoms. The lowest BCUT2D eigenvalue weighted by Crippen LogP contribution is -2.12. The minimum atomic E-state index is 0.438. The van der Waals surface area contributed by atoms with Crippen molar-refractivity contribution in [2.75, 3.05) is 6.54 Å². The highest BCUT2D eigenvalue weighted by Crippen LogP contribution is 2.29. The molecule has 0 spiro atoms. The molecule has 106 valence electrons. The smallest absolute Gasteiger partial charge is 0.110 e. The minimum absolute atomic E-state index is 0.438. The lowest BCUT2D eigenvalue weighted by molar-refractivity contribution is 0.643. The molecule has 1 saturated heterocycles. The standard InChI is InChI=1S/C16H16N4S/c1-2-5-13(6-3-1)20-10-12(9-18-20)15-11-21-16(19-15)14-7-4-8-17-14/h1-3,5-6,9-11,14,17H,4,7-8H2. The molecule has 0 amide bonds. The average molecular weight is 296 g/mol. The lowest BCUT2D eigenvalue weighted by Gasteiger charge is -2.04. The van der Waals surface area contributed by atoms with Crippen molar-refractivity contribution in [2.45, 2.75) is 18.9 Å². The number of nitrogens with one attached hydrogen (secondary N) is 1. The maximum Gasteiger partial charge on any atom is 0.110 e. The predicted octanol–water partition coefficient (Wildman–Crippen LogP) is 3.42. The van der Waals surface area contributed by atoms with Gasteiger partial charge in [0, 0.05) is 17.1 Å². The van der Waals surface area contributed by atoms with Crippen molar-refractivity contribution >= 4 is 11.3 Å². The van der Waals surface area contributed by atoms with Gasteiger partial charge in [-0.15, -0.1) is 11.3 Å². The molecule has 1 aromatic carbocycles. The first-order valence-electron chi connectivity index (χ1n) is 7.19. The van der Waals surface area contributed by atoms with E-state index < -0.39 is 0 Å². The second-order valence-corrected chi connectivity index (χ2v) is 6.12. The maximum absolute atomic E-state index is 4.77. The number of benzene rings is 1. The number of hydrogen-bond donors (Lipinski definition) is 1. The summed E-state index contributed by atoms with van der Waals surface area (Å²) in [6, 6.07) is 10.6. The Morgan fingerprint density at radius 2 is 2.14 bits per heavy atom. The molecule has 1 N–H and O–H groups in total. The second kappa shape index (κ2) is 5.42. The molecule has 0 bridgehead atoms. The number of hydrogen-bond acceptors (Lipinski definition) is 4. The summed E-state index contributed by atoms with van der Waals surface area (Å²) in [5.74, 6) is 0. The van der Waals surface area contributed by atoms with Gasteiger partial charge in [-0.05, 0) is 31.5 Å². The van der Waals surface area contributed by atoms with Gasteiger partial charge >= 0.3 is 0 Å². The largest absolute Gasteiger partial charge is 0.308 e. The van der Waals surface area contributed by atoms with E-state index in [-0.39, 0.29) is 0 Å². The number of nitrogens with zero attached hydrogens (tertiary/aromatic N) is 3. The van der Waals surface area contributed by atoms with Crippen molar-refractivity contribution in [3.8, 4) is 16.9 Å². The molecule has 3 heterocycles. The third-order valence-electron chi connectivity index (χ3n) is 3.78. The Kier molecular flexibility index (Phi) is 3.29. The van der Waals surface area contributed by atoms with Crippen molar-refractivity contribution in [2.24, 2.45) is 0 Å². The molecule has 1 aliphatic rings. The summed E-state index contributed by atoms with van der Waals surface area (Å²) in [6.45, 7) is 1.10. The monoisotopic (exact) mass is 296 g/mol. The van der Waals surface area contributed by atoms with Gasteiger partial charge in [0.25, 0.3) is 0 Å². The molecule has 0 saturated carbocycles. The topological polar surface area (TPSA) is 42.7 Å². The first-order valence-corrected chi connectivity index (χ1v) is 8.07. The lowest BCUT2D eigenvalue weighted by atomic mass is 10.2. The van der Waals surface area contributed by atoms with Crippen LogP contribution in [0, 0.1) is 0 Å². The Morgan fingerprint density at radius 3 is 2.95 bits per heavy atom.